The molecule has 0 aromatic carbocycles. The van der Waals surface area contributed by atoms with Crippen LogP contribution in [-0.2, 0) is 4.74 Å². The predicted molar refractivity (Wildman–Crippen MR) is 34.9 cm³/mol. The van der Waals surface area contributed by atoms with Gasteiger partial charge in [-0.1, -0.05) is 0 Å². The van der Waals surface area contributed by atoms with Crippen molar-refractivity contribution in [2.75, 3.05) is 13.3 Å². The Labute approximate surface area is 68.0 Å². The molecule has 1 rings (SSSR count). The Bertz CT molecular complexity index is 166. The minimum Gasteiger partial charge on any atom is -0.394 e. The van der Waals surface area contributed by atoms with Crippen LogP contribution < -0.4 is 0 Å². The molecular formula is C6H11FO5. The summed E-state index contributed by atoms with van der Waals surface area (Å²) in [5, 5.41) is 35.8. The van der Waals surface area contributed by atoms with E-state index in [-0.39, 0.29) is 0 Å². The highest BCUT2D eigenvalue weighted by Gasteiger charge is 2.53. The number of halogens is 1. The van der Waals surface area contributed by atoms with E-state index in [1.54, 1.807) is 0 Å². The quantitative estimate of drug-likeness (QED) is 0.387. The second-order valence-corrected chi connectivity index (χ2v) is 2.75. The average molecular weight is 182 g/mol. The third-order valence-electron chi connectivity index (χ3n) is 1.89. The molecule has 6 heteroatoms. The van der Waals surface area contributed by atoms with Gasteiger partial charge < -0.3 is 25.2 Å². The predicted octanol–water partition coefficient (Wildman–Crippen LogP) is -2.24. The molecule has 0 aliphatic carbocycles. The fourth-order valence-corrected chi connectivity index (χ4v) is 1.13. The van der Waals surface area contributed by atoms with E-state index in [4.69, 9.17) is 20.4 Å². The van der Waals surface area contributed by atoms with Crippen LogP contribution in [0.2, 0.25) is 0 Å². The molecule has 1 heterocycles. The molecule has 0 radical (unpaired) electrons. The molecule has 0 spiro atoms. The number of rotatable bonds is 2. The molecule has 72 valence electrons. The highest BCUT2D eigenvalue weighted by molar-refractivity contribution is 4.94. The van der Waals surface area contributed by atoms with Crippen molar-refractivity contribution in [1.82, 2.24) is 0 Å². The molecule has 1 aliphatic heterocycles. The monoisotopic (exact) mass is 182 g/mol. The average Bonchev–Trinajstić information content (AvgIpc) is 2.31. The van der Waals surface area contributed by atoms with Gasteiger partial charge in [-0.15, -0.1) is 0 Å². The highest BCUT2D eigenvalue weighted by atomic mass is 19.1. The number of hydrogen-bond acceptors (Lipinski definition) is 5. The van der Waals surface area contributed by atoms with Crippen LogP contribution in [0.4, 0.5) is 4.39 Å². The summed E-state index contributed by atoms with van der Waals surface area (Å²) in [6.45, 7) is -1.91. The van der Waals surface area contributed by atoms with E-state index in [0.717, 1.165) is 0 Å². The van der Waals surface area contributed by atoms with Crippen LogP contribution in [0, 0.1) is 0 Å². The van der Waals surface area contributed by atoms with Crippen molar-refractivity contribution in [2.45, 2.75) is 24.1 Å². The van der Waals surface area contributed by atoms with Gasteiger partial charge in [0.2, 0.25) is 5.79 Å². The van der Waals surface area contributed by atoms with Crippen LogP contribution in [0.1, 0.15) is 0 Å². The Hall–Kier alpha value is -0.270. The van der Waals surface area contributed by atoms with E-state index in [9.17, 15) is 4.39 Å². The lowest BCUT2D eigenvalue weighted by Gasteiger charge is -2.21. The van der Waals surface area contributed by atoms with Crippen LogP contribution in [0.3, 0.4) is 0 Å². The van der Waals surface area contributed by atoms with Gasteiger partial charge in [-0.25, -0.2) is 4.39 Å². The van der Waals surface area contributed by atoms with E-state index < -0.39 is 37.4 Å². The van der Waals surface area contributed by atoms with Gasteiger partial charge in [0.05, 0.1) is 6.61 Å². The van der Waals surface area contributed by atoms with Crippen molar-refractivity contribution in [3.63, 3.8) is 0 Å². The lowest BCUT2D eigenvalue weighted by Crippen LogP contribution is -2.44. The summed E-state index contributed by atoms with van der Waals surface area (Å²) >= 11 is 0. The fourth-order valence-electron chi connectivity index (χ4n) is 1.13. The molecule has 0 saturated carbocycles. The SMILES string of the molecule is OC[C@H]1O[C@@](O)(CF)[C@@H](O)[C@@H]1O. The Kier molecular flexibility index (Phi) is 2.64. The first kappa shape index (κ1) is 9.82. The summed E-state index contributed by atoms with van der Waals surface area (Å²) in [4.78, 5) is 0. The first-order valence-electron chi connectivity index (χ1n) is 3.48. The van der Waals surface area contributed by atoms with Crippen molar-refractivity contribution >= 4 is 0 Å². The number of hydrogen-bond donors (Lipinski definition) is 4. The maximum absolute atomic E-state index is 12.1. The zero-order valence-electron chi connectivity index (χ0n) is 6.22. The molecule has 0 aromatic heterocycles. The smallest absolute Gasteiger partial charge is 0.224 e. The minimum atomic E-state index is -2.38. The molecule has 5 nitrogen and oxygen atoms in total. The summed E-state index contributed by atoms with van der Waals surface area (Å²) in [6.07, 6.45) is -4.32. The largest absolute Gasteiger partial charge is 0.394 e. The summed E-state index contributed by atoms with van der Waals surface area (Å²) in [5.74, 6) is -2.38. The van der Waals surface area contributed by atoms with Gasteiger partial charge in [-0.3, -0.25) is 0 Å². The first-order chi connectivity index (χ1) is 5.55. The molecule has 0 unspecified atom stereocenters. The number of aliphatic hydroxyl groups excluding tert-OH is 3. The summed E-state index contributed by atoms with van der Waals surface area (Å²) in [5.41, 5.74) is 0. The topological polar surface area (TPSA) is 90.2 Å². The Morgan fingerprint density at radius 2 is 2.00 bits per heavy atom. The molecule has 12 heavy (non-hydrogen) atoms. The third-order valence-corrected chi connectivity index (χ3v) is 1.89. The Balaban J connectivity index is 2.72. The van der Waals surface area contributed by atoms with Crippen molar-refractivity contribution in [3.05, 3.63) is 0 Å². The van der Waals surface area contributed by atoms with Crippen LogP contribution in [0.25, 0.3) is 0 Å². The lowest BCUT2D eigenvalue weighted by molar-refractivity contribution is -0.237. The van der Waals surface area contributed by atoms with E-state index in [1.807, 2.05) is 0 Å². The van der Waals surface area contributed by atoms with Gasteiger partial charge in [0.15, 0.2) is 0 Å². The lowest BCUT2D eigenvalue weighted by atomic mass is 10.1. The number of aliphatic hydroxyl groups is 4. The maximum atomic E-state index is 12.1. The second kappa shape index (κ2) is 3.23. The third kappa shape index (κ3) is 1.32. The highest BCUT2D eigenvalue weighted by Crippen LogP contribution is 2.29. The molecule has 0 bridgehead atoms. The normalized spacial score (nSPS) is 48.2. The van der Waals surface area contributed by atoms with Gasteiger partial charge in [0, 0.05) is 0 Å². The van der Waals surface area contributed by atoms with E-state index in [2.05, 4.69) is 4.74 Å². The van der Waals surface area contributed by atoms with Crippen LogP contribution >= 0.6 is 0 Å². The zero-order chi connectivity index (χ0) is 9.35. The molecule has 4 atom stereocenters. The van der Waals surface area contributed by atoms with Crippen molar-refractivity contribution in [3.8, 4) is 0 Å². The fraction of sp³-hybridized carbons (Fsp3) is 1.00. The standard InChI is InChI=1S/C6H11FO5/c7-2-6(11)5(10)4(9)3(1-8)12-6/h3-5,8-11H,1-2H2/t3-,4-,5+,6+/m1/s1. The van der Waals surface area contributed by atoms with Gasteiger partial charge >= 0.3 is 0 Å². The number of alkyl halides is 1. The van der Waals surface area contributed by atoms with E-state index >= 15 is 0 Å². The summed E-state index contributed by atoms with van der Waals surface area (Å²) < 4.78 is 16.6. The van der Waals surface area contributed by atoms with Gasteiger partial charge in [-0.2, -0.15) is 0 Å². The Morgan fingerprint density at radius 1 is 1.42 bits per heavy atom. The summed E-state index contributed by atoms with van der Waals surface area (Å²) in [6, 6.07) is 0. The van der Waals surface area contributed by atoms with Crippen molar-refractivity contribution < 1.29 is 29.6 Å². The van der Waals surface area contributed by atoms with Gasteiger partial charge in [0.1, 0.15) is 25.0 Å². The van der Waals surface area contributed by atoms with Crippen LogP contribution in [-0.4, -0.2) is 57.8 Å². The molecular weight excluding hydrogens is 171 g/mol. The van der Waals surface area contributed by atoms with Crippen molar-refractivity contribution in [2.24, 2.45) is 0 Å². The van der Waals surface area contributed by atoms with E-state index in [1.165, 1.54) is 0 Å². The van der Waals surface area contributed by atoms with Crippen LogP contribution in [0.15, 0.2) is 0 Å². The Morgan fingerprint density at radius 3 is 2.25 bits per heavy atom. The maximum Gasteiger partial charge on any atom is 0.224 e. The molecule has 0 aromatic rings. The molecule has 1 aliphatic rings. The van der Waals surface area contributed by atoms with Crippen LogP contribution in [0.5, 0.6) is 0 Å². The molecule has 0 amide bonds. The summed E-state index contributed by atoms with van der Waals surface area (Å²) in [7, 11) is 0. The zero-order valence-corrected chi connectivity index (χ0v) is 6.22. The second-order valence-electron chi connectivity index (χ2n) is 2.75. The molecule has 1 saturated heterocycles. The first-order valence-corrected chi connectivity index (χ1v) is 3.48. The minimum absolute atomic E-state index is 0.583. The molecule has 4 N–H and O–H groups in total. The van der Waals surface area contributed by atoms with Gasteiger partial charge in [-0.05, 0) is 0 Å². The number of ether oxygens (including phenoxy) is 1. The van der Waals surface area contributed by atoms with E-state index in [0.29, 0.717) is 0 Å². The molecule has 1 fully saturated rings. The van der Waals surface area contributed by atoms with Crippen molar-refractivity contribution in [1.29, 1.82) is 0 Å². The van der Waals surface area contributed by atoms with Gasteiger partial charge in [0.25, 0.3) is 0 Å².